The van der Waals surface area contributed by atoms with E-state index in [1.54, 1.807) is 13.8 Å². The van der Waals surface area contributed by atoms with Crippen molar-refractivity contribution in [3.8, 4) is 0 Å². The zero-order valence-electron chi connectivity index (χ0n) is 12.9. The summed E-state index contributed by atoms with van der Waals surface area (Å²) in [5.74, 6) is -2.05. The van der Waals surface area contributed by atoms with Crippen LogP contribution in [0, 0.1) is 5.92 Å². The Morgan fingerprint density at radius 3 is 1.90 bits per heavy atom. The van der Waals surface area contributed by atoms with E-state index < -0.39 is 24.0 Å². The fourth-order valence-electron chi connectivity index (χ4n) is 1.95. The molecule has 0 aromatic carbocycles. The molecular formula is C15H28O5. The molecule has 0 aliphatic rings. The summed E-state index contributed by atoms with van der Waals surface area (Å²) in [5.41, 5.74) is 0. The van der Waals surface area contributed by atoms with Crippen LogP contribution in [0.3, 0.4) is 0 Å². The van der Waals surface area contributed by atoms with Gasteiger partial charge in [-0.25, -0.2) is 0 Å². The molecule has 0 rings (SSSR count). The van der Waals surface area contributed by atoms with E-state index in [2.05, 4.69) is 6.92 Å². The molecule has 0 aliphatic heterocycles. The summed E-state index contributed by atoms with van der Waals surface area (Å²) >= 11 is 0. The summed E-state index contributed by atoms with van der Waals surface area (Å²) in [5, 5.41) is 9.84. The minimum atomic E-state index is -0.921. The van der Waals surface area contributed by atoms with Crippen molar-refractivity contribution in [3.63, 3.8) is 0 Å². The molecule has 0 fully saturated rings. The first-order valence-corrected chi connectivity index (χ1v) is 7.58. The average Bonchev–Trinajstić information content (AvgIpc) is 2.40. The van der Waals surface area contributed by atoms with Crippen molar-refractivity contribution in [2.24, 2.45) is 5.92 Å². The molecule has 1 atom stereocenters. The summed E-state index contributed by atoms with van der Waals surface area (Å²) in [6, 6.07) is 0. The predicted octanol–water partition coefficient (Wildman–Crippen LogP) is 2.45. The van der Waals surface area contributed by atoms with Crippen LogP contribution in [0.15, 0.2) is 0 Å². The number of carbonyl (C=O) groups excluding carboxylic acids is 2. The van der Waals surface area contributed by atoms with Crippen molar-refractivity contribution < 1.29 is 24.2 Å². The molecule has 0 unspecified atom stereocenters. The van der Waals surface area contributed by atoms with Gasteiger partial charge in [-0.15, -0.1) is 0 Å². The van der Waals surface area contributed by atoms with Crippen molar-refractivity contribution in [1.82, 2.24) is 0 Å². The Bertz CT molecular complexity index is 259. The Balaban J connectivity index is 4.27. The van der Waals surface area contributed by atoms with E-state index in [0.717, 1.165) is 19.3 Å². The lowest BCUT2D eigenvalue weighted by Gasteiger charge is -2.16. The van der Waals surface area contributed by atoms with Crippen LogP contribution < -0.4 is 0 Å². The molecule has 1 N–H and O–H groups in total. The minimum absolute atomic E-state index is 0.230. The molecule has 0 saturated heterocycles. The normalized spacial score (nSPS) is 12.2. The lowest BCUT2D eigenvalue weighted by molar-refractivity contribution is -0.162. The number of hydrogen-bond donors (Lipinski definition) is 1. The maximum Gasteiger partial charge on any atom is 0.320 e. The highest BCUT2D eigenvalue weighted by Gasteiger charge is 2.29. The highest BCUT2D eigenvalue weighted by molar-refractivity contribution is 5.94. The van der Waals surface area contributed by atoms with Gasteiger partial charge in [0.15, 0.2) is 5.92 Å². The average molecular weight is 288 g/mol. The summed E-state index contributed by atoms with van der Waals surface area (Å²) in [7, 11) is 0. The van der Waals surface area contributed by atoms with Gasteiger partial charge < -0.3 is 14.6 Å². The third-order valence-electron chi connectivity index (χ3n) is 3.07. The fraction of sp³-hybridized carbons (Fsp3) is 0.867. The molecular weight excluding hydrogens is 260 g/mol. The van der Waals surface area contributed by atoms with Gasteiger partial charge in [-0.05, 0) is 33.1 Å². The molecule has 0 amide bonds. The summed E-state index contributed by atoms with van der Waals surface area (Å²) in [4.78, 5) is 23.5. The number of unbranched alkanes of at least 4 members (excludes halogenated alkanes) is 2. The summed E-state index contributed by atoms with van der Waals surface area (Å²) in [6.07, 6.45) is 4.04. The second kappa shape index (κ2) is 11.7. The van der Waals surface area contributed by atoms with E-state index >= 15 is 0 Å². The minimum Gasteiger partial charge on any atom is -0.465 e. The second-order valence-electron chi connectivity index (χ2n) is 4.78. The van der Waals surface area contributed by atoms with Crippen LogP contribution in [0.25, 0.3) is 0 Å². The zero-order valence-corrected chi connectivity index (χ0v) is 12.9. The lowest BCUT2D eigenvalue weighted by atomic mass is 9.98. The molecule has 0 aliphatic carbocycles. The van der Waals surface area contributed by atoms with Crippen LogP contribution in [0.5, 0.6) is 0 Å². The maximum absolute atomic E-state index is 11.7. The Kier molecular flexibility index (Phi) is 11.1. The third-order valence-corrected chi connectivity index (χ3v) is 3.07. The molecule has 0 aromatic rings. The Morgan fingerprint density at radius 1 is 0.900 bits per heavy atom. The zero-order chi connectivity index (χ0) is 15.4. The maximum atomic E-state index is 11.7. The number of ether oxygens (including phenoxy) is 2. The summed E-state index contributed by atoms with van der Waals surface area (Å²) < 4.78 is 9.76. The van der Waals surface area contributed by atoms with E-state index in [4.69, 9.17) is 9.47 Å². The Hall–Kier alpha value is -1.10. The van der Waals surface area contributed by atoms with Crippen molar-refractivity contribution in [3.05, 3.63) is 0 Å². The Labute approximate surface area is 121 Å². The van der Waals surface area contributed by atoms with Gasteiger partial charge in [0.25, 0.3) is 0 Å². The van der Waals surface area contributed by atoms with Gasteiger partial charge in [0.1, 0.15) is 0 Å². The van der Waals surface area contributed by atoms with Crippen LogP contribution in [0.4, 0.5) is 0 Å². The molecule has 118 valence electrons. The van der Waals surface area contributed by atoms with Gasteiger partial charge in [-0.2, -0.15) is 0 Å². The van der Waals surface area contributed by atoms with Crippen molar-refractivity contribution >= 4 is 11.9 Å². The largest absolute Gasteiger partial charge is 0.465 e. The van der Waals surface area contributed by atoms with Gasteiger partial charge in [0.05, 0.1) is 19.3 Å². The first-order chi connectivity index (χ1) is 9.56. The van der Waals surface area contributed by atoms with Gasteiger partial charge in [-0.1, -0.05) is 26.2 Å². The predicted molar refractivity (Wildman–Crippen MR) is 76.1 cm³/mol. The molecule has 0 heterocycles. The monoisotopic (exact) mass is 288 g/mol. The number of esters is 2. The van der Waals surface area contributed by atoms with Crippen molar-refractivity contribution in [1.29, 1.82) is 0 Å². The molecule has 20 heavy (non-hydrogen) atoms. The van der Waals surface area contributed by atoms with Crippen LogP contribution in [-0.2, 0) is 19.1 Å². The fourth-order valence-corrected chi connectivity index (χ4v) is 1.95. The quantitative estimate of drug-likeness (QED) is 0.359. The van der Waals surface area contributed by atoms with E-state index in [9.17, 15) is 14.7 Å². The number of aliphatic hydroxyl groups excluding tert-OH is 1. The van der Waals surface area contributed by atoms with Gasteiger partial charge >= 0.3 is 11.9 Å². The van der Waals surface area contributed by atoms with Gasteiger partial charge in [-0.3, -0.25) is 9.59 Å². The molecule has 0 saturated carbocycles. The van der Waals surface area contributed by atoms with Crippen LogP contribution >= 0.6 is 0 Å². The van der Waals surface area contributed by atoms with Crippen LogP contribution in [0.2, 0.25) is 0 Å². The standard InChI is InChI=1S/C15H28O5/c1-4-7-8-9-12(16)10-11-13(14(17)19-5-2)15(18)20-6-3/h12-13,16H,4-11H2,1-3H3/t12-/m1/s1. The molecule has 0 bridgehead atoms. The molecule has 5 nitrogen and oxygen atoms in total. The van der Waals surface area contributed by atoms with Crippen LogP contribution in [-0.4, -0.2) is 36.4 Å². The molecule has 0 radical (unpaired) electrons. The number of aliphatic hydroxyl groups is 1. The molecule has 0 spiro atoms. The van der Waals surface area contributed by atoms with E-state index in [-0.39, 0.29) is 19.6 Å². The van der Waals surface area contributed by atoms with E-state index in [0.29, 0.717) is 12.8 Å². The topological polar surface area (TPSA) is 72.8 Å². The number of hydrogen-bond acceptors (Lipinski definition) is 5. The first-order valence-electron chi connectivity index (χ1n) is 7.58. The highest BCUT2D eigenvalue weighted by Crippen LogP contribution is 2.16. The SMILES string of the molecule is CCCCC[C@@H](O)CCC(C(=O)OCC)C(=O)OCC. The third kappa shape index (κ3) is 8.15. The highest BCUT2D eigenvalue weighted by atomic mass is 16.6. The van der Waals surface area contributed by atoms with Crippen molar-refractivity contribution in [2.75, 3.05) is 13.2 Å². The first kappa shape index (κ1) is 18.9. The van der Waals surface area contributed by atoms with Crippen molar-refractivity contribution in [2.45, 2.75) is 65.4 Å². The van der Waals surface area contributed by atoms with E-state index in [1.807, 2.05) is 0 Å². The molecule has 0 aromatic heterocycles. The summed E-state index contributed by atoms with van der Waals surface area (Å²) in [6.45, 7) is 5.95. The number of carbonyl (C=O) groups is 2. The van der Waals surface area contributed by atoms with E-state index in [1.165, 1.54) is 0 Å². The Morgan fingerprint density at radius 2 is 1.45 bits per heavy atom. The van der Waals surface area contributed by atoms with Crippen LogP contribution in [0.1, 0.15) is 59.3 Å². The van der Waals surface area contributed by atoms with Gasteiger partial charge in [0, 0.05) is 0 Å². The smallest absolute Gasteiger partial charge is 0.320 e. The lowest BCUT2D eigenvalue weighted by Crippen LogP contribution is -2.29. The van der Waals surface area contributed by atoms with Gasteiger partial charge in [0.2, 0.25) is 0 Å². The second-order valence-corrected chi connectivity index (χ2v) is 4.78. The molecule has 5 heteroatoms. The number of rotatable bonds is 11.